The van der Waals surface area contributed by atoms with Gasteiger partial charge < -0.3 is 20.9 Å². The molecule has 1 unspecified atom stereocenters. The first kappa shape index (κ1) is 20.7. The molecule has 6 nitrogen and oxygen atoms in total. The topological polar surface area (TPSA) is 68.8 Å². The van der Waals surface area contributed by atoms with Crippen molar-refractivity contribution in [3.8, 4) is 0 Å². The van der Waals surface area contributed by atoms with Crippen molar-refractivity contribution in [3.63, 3.8) is 0 Å². The first-order valence-corrected chi connectivity index (χ1v) is 10.4. The van der Waals surface area contributed by atoms with E-state index in [-0.39, 0.29) is 18.5 Å². The molecule has 1 aliphatic heterocycles. The molecular formula is C23H31N5O. The number of carbonyl (C=O) groups excluding carboxylic acids is 1. The predicted octanol–water partition coefficient (Wildman–Crippen LogP) is 3.54. The second-order valence-corrected chi connectivity index (χ2v) is 7.26. The van der Waals surface area contributed by atoms with Gasteiger partial charge in [0, 0.05) is 31.0 Å². The first-order valence-electron chi connectivity index (χ1n) is 10.4. The van der Waals surface area contributed by atoms with E-state index in [1.807, 2.05) is 37.3 Å². The Kier molecular flexibility index (Phi) is 7.50. The molecular weight excluding hydrogens is 362 g/mol. The highest BCUT2D eigenvalue weighted by molar-refractivity contribution is 5.94. The van der Waals surface area contributed by atoms with Crippen LogP contribution in [-0.2, 0) is 4.79 Å². The van der Waals surface area contributed by atoms with Gasteiger partial charge >= 0.3 is 0 Å². The molecule has 3 rings (SSSR count). The third kappa shape index (κ3) is 6.24. The van der Waals surface area contributed by atoms with Gasteiger partial charge in [-0.3, -0.25) is 4.79 Å². The monoisotopic (exact) mass is 393 g/mol. The van der Waals surface area contributed by atoms with Crippen LogP contribution < -0.4 is 20.9 Å². The molecule has 154 valence electrons. The molecule has 29 heavy (non-hydrogen) atoms. The van der Waals surface area contributed by atoms with Gasteiger partial charge in [-0.25, -0.2) is 4.99 Å². The van der Waals surface area contributed by atoms with Gasteiger partial charge in [-0.15, -0.1) is 0 Å². The van der Waals surface area contributed by atoms with Gasteiger partial charge in [-0.05, 0) is 56.5 Å². The molecule has 1 aliphatic rings. The van der Waals surface area contributed by atoms with Crippen LogP contribution in [0.5, 0.6) is 0 Å². The van der Waals surface area contributed by atoms with Crippen LogP contribution in [0.3, 0.4) is 0 Å². The highest BCUT2D eigenvalue weighted by atomic mass is 16.1. The largest absolute Gasteiger partial charge is 0.372 e. The Labute approximate surface area is 173 Å². The van der Waals surface area contributed by atoms with Crippen LogP contribution in [0.15, 0.2) is 59.6 Å². The number of amides is 1. The van der Waals surface area contributed by atoms with Crippen molar-refractivity contribution < 1.29 is 4.79 Å². The summed E-state index contributed by atoms with van der Waals surface area (Å²) in [6, 6.07) is 18.2. The summed E-state index contributed by atoms with van der Waals surface area (Å²) < 4.78 is 0. The maximum Gasteiger partial charge on any atom is 0.246 e. The SMILES string of the molecule is CCNC(=NCC(=O)Nc1ccccc1)NC(C)c1cccc(N2CCCC2)c1. The fourth-order valence-electron chi connectivity index (χ4n) is 3.45. The van der Waals surface area contributed by atoms with E-state index in [0.717, 1.165) is 25.3 Å². The molecule has 1 fully saturated rings. The average Bonchev–Trinajstić information content (AvgIpc) is 3.28. The number of guanidine groups is 1. The van der Waals surface area contributed by atoms with E-state index in [9.17, 15) is 4.79 Å². The molecule has 1 saturated heterocycles. The number of nitrogens with zero attached hydrogens (tertiary/aromatic N) is 2. The molecule has 2 aromatic rings. The second kappa shape index (κ2) is 10.5. The number of nitrogens with one attached hydrogen (secondary N) is 3. The van der Waals surface area contributed by atoms with Crippen LogP contribution in [0.4, 0.5) is 11.4 Å². The molecule has 1 heterocycles. The summed E-state index contributed by atoms with van der Waals surface area (Å²) in [4.78, 5) is 19.1. The Morgan fingerprint density at radius 1 is 1.10 bits per heavy atom. The van der Waals surface area contributed by atoms with Crippen LogP contribution in [0.2, 0.25) is 0 Å². The normalized spacial score (nSPS) is 15.1. The number of hydrogen-bond donors (Lipinski definition) is 3. The van der Waals surface area contributed by atoms with E-state index in [1.165, 1.54) is 24.1 Å². The van der Waals surface area contributed by atoms with Crippen molar-refractivity contribution in [1.82, 2.24) is 10.6 Å². The number of anilines is 2. The lowest BCUT2D eigenvalue weighted by Crippen LogP contribution is -2.39. The Hall–Kier alpha value is -3.02. The average molecular weight is 394 g/mol. The van der Waals surface area contributed by atoms with Crippen molar-refractivity contribution in [3.05, 3.63) is 60.2 Å². The summed E-state index contributed by atoms with van der Waals surface area (Å²) in [5, 5.41) is 9.49. The summed E-state index contributed by atoms with van der Waals surface area (Å²) in [5.74, 6) is 0.492. The maximum atomic E-state index is 12.2. The summed E-state index contributed by atoms with van der Waals surface area (Å²) in [7, 11) is 0. The Balaban J connectivity index is 1.60. The lowest BCUT2D eigenvalue weighted by molar-refractivity contribution is -0.114. The summed E-state index contributed by atoms with van der Waals surface area (Å²) >= 11 is 0. The summed E-state index contributed by atoms with van der Waals surface area (Å²) in [5.41, 5.74) is 3.25. The van der Waals surface area contributed by atoms with E-state index in [4.69, 9.17) is 0 Å². The quantitative estimate of drug-likeness (QED) is 0.497. The fourth-order valence-corrected chi connectivity index (χ4v) is 3.45. The molecule has 0 aliphatic carbocycles. The molecule has 0 spiro atoms. The molecule has 6 heteroatoms. The fraction of sp³-hybridized carbons (Fsp3) is 0.391. The number of para-hydroxylation sites is 1. The van der Waals surface area contributed by atoms with Crippen LogP contribution in [0.25, 0.3) is 0 Å². The minimum atomic E-state index is -0.142. The number of hydrogen-bond acceptors (Lipinski definition) is 3. The van der Waals surface area contributed by atoms with Crippen LogP contribution in [-0.4, -0.2) is 38.0 Å². The van der Waals surface area contributed by atoms with Gasteiger partial charge in [0.25, 0.3) is 0 Å². The van der Waals surface area contributed by atoms with Gasteiger partial charge in [-0.2, -0.15) is 0 Å². The van der Waals surface area contributed by atoms with Gasteiger partial charge in [0.05, 0.1) is 6.04 Å². The minimum absolute atomic E-state index is 0.0603. The standard InChI is InChI=1S/C23H31N5O/c1-3-24-23(25-17-22(29)27-20-11-5-4-6-12-20)26-18(2)19-10-9-13-21(16-19)28-14-7-8-15-28/h4-6,9-13,16,18H,3,7-8,14-15,17H2,1-2H3,(H,27,29)(H2,24,25,26). The molecule has 0 bridgehead atoms. The van der Waals surface area contributed by atoms with E-state index >= 15 is 0 Å². The van der Waals surface area contributed by atoms with Crippen molar-refractivity contribution in [2.24, 2.45) is 4.99 Å². The van der Waals surface area contributed by atoms with E-state index in [0.29, 0.717) is 5.96 Å². The second-order valence-electron chi connectivity index (χ2n) is 7.26. The molecule has 2 aromatic carbocycles. The molecule has 1 amide bonds. The molecule has 0 radical (unpaired) electrons. The van der Waals surface area contributed by atoms with Crippen molar-refractivity contribution in [2.75, 3.05) is 36.4 Å². The number of aliphatic imine (C=N–C) groups is 1. The van der Waals surface area contributed by atoms with Gasteiger partial charge in [0.2, 0.25) is 5.91 Å². The third-order valence-corrected chi connectivity index (χ3v) is 4.98. The lowest BCUT2D eigenvalue weighted by Gasteiger charge is -2.22. The third-order valence-electron chi connectivity index (χ3n) is 4.98. The number of rotatable bonds is 7. The minimum Gasteiger partial charge on any atom is -0.372 e. The van der Waals surface area contributed by atoms with Crippen LogP contribution in [0, 0.1) is 0 Å². The lowest BCUT2D eigenvalue weighted by atomic mass is 10.1. The predicted molar refractivity (Wildman–Crippen MR) is 120 cm³/mol. The number of benzene rings is 2. The highest BCUT2D eigenvalue weighted by Crippen LogP contribution is 2.23. The van der Waals surface area contributed by atoms with Crippen LogP contribution >= 0.6 is 0 Å². The maximum absolute atomic E-state index is 12.2. The highest BCUT2D eigenvalue weighted by Gasteiger charge is 2.14. The van der Waals surface area contributed by atoms with Gasteiger partial charge in [-0.1, -0.05) is 30.3 Å². The summed E-state index contributed by atoms with van der Waals surface area (Å²) in [6.07, 6.45) is 2.53. The van der Waals surface area contributed by atoms with Gasteiger partial charge in [0.15, 0.2) is 5.96 Å². The molecule has 0 aromatic heterocycles. The molecule has 1 atom stereocenters. The summed E-state index contributed by atoms with van der Waals surface area (Å²) in [6.45, 7) is 7.18. The van der Waals surface area contributed by atoms with Crippen molar-refractivity contribution in [2.45, 2.75) is 32.7 Å². The zero-order valence-electron chi connectivity index (χ0n) is 17.3. The van der Waals surface area contributed by atoms with E-state index < -0.39 is 0 Å². The molecule has 0 saturated carbocycles. The smallest absolute Gasteiger partial charge is 0.246 e. The van der Waals surface area contributed by atoms with Crippen molar-refractivity contribution in [1.29, 1.82) is 0 Å². The van der Waals surface area contributed by atoms with Crippen LogP contribution in [0.1, 0.15) is 38.3 Å². The van der Waals surface area contributed by atoms with Gasteiger partial charge in [0.1, 0.15) is 6.54 Å². The molecule has 3 N–H and O–H groups in total. The number of carbonyl (C=O) groups is 1. The zero-order chi connectivity index (χ0) is 20.5. The van der Waals surface area contributed by atoms with Crippen molar-refractivity contribution >= 4 is 23.2 Å². The Bertz CT molecular complexity index is 815. The van der Waals surface area contributed by atoms with E-state index in [2.05, 4.69) is 57.0 Å². The Morgan fingerprint density at radius 3 is 2.59 bits per heavy atom. The zero-order valence-corrected chi connectivity index (χ0v) is 17.3. The first-order chi connectivity index (χ1) is 14.2. The van der Waals surface area contributed by atoms with E-state index in [1.54, 1.807) is 0 Å². The Morgan fingerprint density at radius 2 is 1.86 bits per heavy atom.